The van der Waals surface area contributed by atoms with E-state index >= 15 is 4.39 Å². The van der Waals surface area contributed by atoms with Crippen LogP contribution in [0, 0.1) is 5.82 Å². The molecule has 5 N–H and O–H groups in total. The number of ether oxygens (including phenoxy) is 1. The average Bonchev–Trinajstić information content (AvgIpc) is 3.14. The molecule has 1 aliphatic heterocycles. The van der Waals surface area contributed by atoms with E-state index in [1.807, 2.05) is 6.07 Å². The molecule has 10 heteroatoms. The Balaban J connectivity index is 0.000000297. The molecule has 182 valence electrons. The summed E-state index contributed by atoms with van der Waals surface area (Å²) in [5.41, 5.74) is 13.9. The van der Waals surface area contributed by atoms with Crippen LogP contribution in [0.1, 0.15) is 57.8 Å². The van der Waals surface area contributed by atoms with Crippen molar-refractivity contribution in [1.29, 1.82) is 0 Å². The first-order valence-electron chi connectivity index (χ1n) is 11.7. The number of aliphatic hydroxyl groups is 1. The van der Waals surface area contributed by atoms with Gasteiger partial charge in [0.1, 0.15) is 11.3 Å². The molecule has 3 aliphatic carbocycles. The van der Waals surface area contributed by atoms with Gasteiger partial charge in [-0.3, -0.25) is 0 Å². The lowest BCUT2D eigenvalue weighted by Crippen LogP contribution is -2.75. The third-order valence-corrected chi connectivity index (χ3v) is 7.26. The number of imidazole rings is 1. The third kappa shape index (κ3) is 3.94. The lowest BCUT2D eigenvalue weighted by atomic mass is 9.39. The fraction of sp³-hybridized carbons (Fsp3) is 0.542. The molecule has 1 aromatic carbocycles. The van der Waals surface area contributed by atoms with Crippen molar-refractivity contribution in [2.75, 3.05) is 18.9 Å². The van der Waals surface area contributed by atoms with Crippen molar-refractivity contribution in [3.8, 4) is 11.3 Å². The Hall–Kier alpha value is -2.33. The Morgan fingerprint density at radius 3 is 2.56 bits per heavy atom. The number of rotatable bonds is 3. The van der Waals surface area contributed by atoms with Crippen LogP contribution in [-0.2, 0) is 10.2 Å². The molecule has 34 heavy (non-hydrogen) atoms. The van der Waals surface area contributed by atoms with E-state index in [4.69, 9.17) is 37.9 Å². The van der Waals surface area contributed by atoms with Crippen molar-refractivity contribution in [1.82, 2.24) is 19.5 Å². The normalized spacial score (nSPS) is 27.7. The average molecular weight is 489 g/mol. The van der Waals surface area contributed by atoms with Crippen molar-refractivity contribution < 1.29 is 14.2 Å². The standard InChI is InChI=1S/C19H20ClFN6.C5H10O2/c1-9(2)27-13-4-10(14-11(20)5-24-17(22)26-14)3-12(21)15(13)25-16(27)18-6-19(23,7-18)8-18;6-5-2-1-3-7-4-5/h3-5,9H,6-8,23H2,1-2H3,(H2,22,24,26);5-6H,1-4H2. The molecule has 3 saturated carbocycles. The molecule has 2 bridgehead atoms. The van der Waals surface area contributed by atoms with E-state index in [-0.39, 0.29) is 29.0 Å². The third-order valence-electron chi connectivity index (χ3n) is 6.98. The van der Waals surface area contributed by atoms with Gasteiger partial charge in [0.2, 0.25) is 5.95 Å². The molecule has 3 aromatic rings. The summed E-state index contributed by atoms with van der Waals surface area (Å²) in [6.45, 7) is 5.53. The van der Waals surface area contributed by atoms with Crippen molar-refractivity contribution in [2.24, 2.45) is 5.73 Å². The minimum Gasteiger partial charge on any atom is -0.391 e. The fourth-order valence-corrected chi connectivity index (χ4v) is 5.80. The first-order valence-corrected chi connectivity index (χ1v) is 12.0. The number of fused-ring (bicyclic) bond motifs is 1. The fourth-order valence-electron chi connectivity index (χ4n) is 5.60. The van der Waals surface area contributed by atoms with Gasteiger partial charge in [-0.15, -0.1) is 0 Å². The molecule has 4 fully saturated rings. The number of halogens is 2. The summed E-state index contributed by atoms with van der Waals surface area (Å²) < 4.78 is 22.1. The van der Waals surface area contributed by atoms with Crippen LogP contribution in [0.4, 0.5) is 10.3 Å². The molecule has 7 rings (SSSR count). The molecular weight excluding hydrogens is 459 g/mol. The summed E-state index contributed by atoms with van der Waals surface area (Å²) in [6, 6.07) is 3.42. The van der Waals surface area contributed by atoms with Gasteiger partial charge in [0.15, 0.2) is 5.82 Å². The van der Waals surface area contributed by atoms with E-state index in [0.29, 0.717) is 28.4 Å². The molecule has 4 aliphatic rings. The van der Waals surface area contributed by atoms with Gasteiger partial charge in [-0.1, -0.05) is 11.6 Å². The zero-order valence-corrected chi connectivity index (χ0v) is 20.1. The van der Waals surface area contributed by atoms with Crippen LogP contribution in [0.15, 0.2) is 18.3 Å². The van der Waals surface area contributed by atoms with Gasteiger partial charge in [0.25, 0.3) is 0 Å². The molecule has 1 saturated heterocycles. The predicted molar refractivity (Wildman–Crippen MR) is 129 cm³/mol. The number of nitrogens with two attached hydrogens (primary N) is 2. The second-order valence-electron chi connectivity index (χ2n) is 10.2. The van der Waals surface area contributed by atoms with Gasteiger partial charge in [-0.2, -0.15) is 0 Å². The molecule has 8 nitrogen and oxygen atoms in total. The van der Waals surface area contributed by atoms with Crippen LogP contribution in [0.2, 0.25) is 5.02 Å². The van der Waals surface area contributed by atoms with E-state index in [2.05, 4.69) is 28.4 Å². The topological polar surface area (TPSA) is 125 Å². The number of anilines is 1. The van der Waals surface area contributed by atoms with E-state index in [0.717, 1.165) is 50.1 Å². The van der Waals surface area contributed by atoms with E-state index in [1.54, 1.807) is 0 Å². The minimum atomic E-state index is -0.398. The van der Waals surface area contributed by atoms with E-state index in [1.165, 1.54) is 12.3 Å². The Morgan fingerprint density at radius 2 is 2.00 bits per heavy atom. The van der Waals surface area contributed by atoms with Crippen molar-refractivity contribution in [2.45, 2.75) is 69.1 Å². The predicted octanol–water partition coefficient (Wildman–Crippen LogP) is 3.74. The Kier molecular flexibility index (Phi) is 5.79. The molecule has 0 radical (unpaired) electrons. The Bertz CT molecular complexity index is 1220. The molecule has 3 heterocycles. The molecule has 0 amide bonds. The highest BCUT2D eigenvalue weighted by Crippen LogP contribution is 2.66. The van der Waals surface area contributed by atoms with Gasteiger partial charge in [-0.05, 0) is 58.1 Å². The zero-order chi connectivity index (χ0) is 24.3. The molecule has 1 atom stereocenters. The number of benzene rings is 1. The number of nitrogen functional groups attached to an aromatic ring is 1. The van der Waals surface area contributed by atoms with Crippen molar-refractivity contribution in [3.63, 3.8) is 0 Å². The summed E-state index contributed by atoms with van der Waals surface area (Å²) >= 11 is 6.23. The first kappa shape index (κ1) is 23.4. The van der Waals surface area contributed by atoms with Crippen molar-refractivity contribution >= 4 is 28.6 Å². The number of hydrogen-bond acceptors (Lipinski definition) is 7. The molecule has 0 spiro atoms. The Morgan fingerprint density at radius 1 is 1.26 bits per heavy atom. The van der Waals surface area contributed by atoms with Crippen LogP contribution in [-0.4, -0.2) is 49.5 Å². The van der Waals surface area contributed by atoms with Gasteiger partial charge >= 0.3 is 0 Å². The Labute approximate surface area is 202 Å². The first-order chi connectivity index (χ1) is 16.1. The van der Waals surface area contributed by atoms with Gasteiger partial charge in [0, 0.05) is 29.2 Å². The van der Waals surface area contributed by atoms with Crippen LogP contribution >= 0.6 is 11.6 Å². The largest absolute Gasteiger partial charge is 0.391 e. The highest BCUT2D eigenvalue weighted by Gasteiger charge is 2.68. The van der Waals surface area contributed by atoms with Crippen molar-refractivity contribution in [3.05, 3.63) is 35.0 Å². The SMILES string of the molecule is CC(C)n1c(C23CC(N)(C2)C3)nc2c(F)cc(-c3nc(N)ncc3Cl)cc21.OC1CCCOC1. The number of nitrogens with zero attached hydrogens (tertiary/aromatic N) is 4. The zero-order valence-electron chi connectivity index (χ0n) is 19.4. The second-order valence-corrected chi connectivity index (χ2v) is 10.6. The van der Waals surface area contributed by atoms with Crippen LogP contribution in [0.3, 0.4) is 0 Å². The summed E-state index contributed by atoms with van der Waals surface area (Å²) in [5.74, 6) is 0.629. The lowest BCUT2D eigenvalue weighted by Gasteiger charge is -2.68. The maximum absolute atomic E-state index is 15.0. The highest BCUT2D eigenvalue weighted by molar-refractivity contribution is 6.33. The maximum atomic E-state index is 15.0. The van der Waals surface area contributed by atoms with Gasteiger partial charge in [0.05, 0.1) is 35.1 Å². The highest BCUT2D eigenvalue weighted by atomic mass is 35.5. The van der Waals surface area contributed by atoms with Gasteiger partial charge < -0.3 is 25.9 Å². The summed E-state index contributed by atoms with van der Waals surface area (Å²) in [4.78, 5) is 12.8. The summed E-state index contributed by atoms with van der Waals surface area (Å²) in [7, 11) is 0. The summed E-state index contributed by atoms with van der Waals surface area (Å²) in [6.07, 6.45) is 5.92. The van der Waals surface area contributed by atoms with Crippen LogP contribution < -0.4 is 11.5 Å². The van der Waals surface area contributed by atoms with Crippen LogP contribution in [0.5, 0.6) is 0 Å². The maximum Gasteiger partial charge on any atom is 0.220 e. The van der Waals surface area contributed by atoms with E-state index in [9.17, 15) is 0 Å². The molecular formula is C24H30ClFN6O2. The smallest absolute Gasteiger partial charge is 0.220 e. The lowest BCUT2D eigenvalue weighted by molar-refractivity contribution is -0.0676. The number of aromatic nitrogens is 4. The van der Waals surface area contributed by atoms with Gasteiger partial charge in [-0.25, -0.2) is 19.3 Å². The second kappa shape index (κ2) is 8.41. The summed E-state index contributed by atoms with van der Waals surface area (Å²) in [5, 5.41) is 9.11. The molecule has 2 aromatic heterocycles. The van der Waals surface area contributed by atoms with E-state index < -0.39 is 5.82 Å². The van der Waals surface area contributed by atoms with Crippen LogP contribution in [0.25, 0.3) is 22.3 Å². The monoisotopic (exact) mass is 488 g/mol. The number of hydrogen-bond donors (Lipinski definition) is 3. The quantitative estimate of drug-likeness (QED) is 0.512. The minimum absolute atomic E-state index is 0.0123. The number of aliphatic hydroxyl groups excluding tert-OH is 1. The molecule has 1 unspecified atom stereocenters.